The van der Waals surface area contributed by atoms with Gasteiger partial charge < -0.3 is 17.0 Å². The van der Waals surface area contributed by atoms with E-state index in [2.05, 4.69) is 87.2 Å². The van der Waals surface area contributed by atoms with Gasteiger partial charge in [-0.3, -0.25) is 4.90 Å². The summed E-state index contributed by atoms with van der Waals surface area (Å²) < 4.78 is 0. The van der Waals surface area contributed by atoms with Gasteiger partial charge in [0.2, 0.25) is 0 Å². The Balaban J connectivity index is 0.00000242. The molecule has 23 heavy (non-hydrogen) atoms. The smallest absolute Gasteiger partial charge is 1.00 e. The van der Waals surface area contributed by atoms with Crippen LogP contribution in [0.15, 0.2) is 48.5 Å². The van der Waals surface area contributed by atoms with E-state index in [0.717, 1.165) is 19.6 Å². The molecule has 0 unspecified atom stereocenters. The Morgan fingerprint density at radius 2 is 1.65 bits per heavy atom. The molecule has 2 rings (SSSR count). The molecule has 0 aliphatic carbocycles. The quantitative estimate of drug-likeness (QED) is 0.557. The monoisotopic (exact) mass is 383 g/mol. The van der Waals surface area contributed by atoms with Crippen molar-refractivity contribution >= 4 is 23.1 Å². The Morgan fingerprint density at radius 3 is 2.22 bits per heavy atom. The van der Waals surface area contributed by atoms with Gasteiger partial charge in [0.1, 0.15) is 0 Å². The second-order valence-electron chi connectivity index (χ2n) is 6.64. The molecule has 0 amide bonds. The number of rotatable bonds is 5. The summed E-state index contributed by atoms with van der Waals surface area (Å²) in [6.45, 7) is 12.0. The number of nitrogens with zero attached hydrogens (tertiary/aromatic N) is 1. The Bertz CT molecular complexity index is 563. The standard InChI is InChI=1S/C20H26N.BrH.Mg/c1-5-21(15-17-10-7-6-8-11-17)16-18-12-9-13-19(14-18)20(2,3)4;;/h6-11,13-14H,5,15-16H2,1-4H3;1H;/q-1;;+2/p-1. The van der Waals surface area contributed by atoms with Crippen molar-refractivity contribution in [1.29, 1.82) is 0 Å². The van der Waals surface area contributed by atoms with Crippen molar-refractivity contribution in [2.24, 2.45) is 0 Å². The summed E-state index contributed by atoms with van der Waals surface area (Å²) in [5.74, 6) is 0. The molecular formula is C20H26BrMgN. The molecule has 0 atom stereocenters. The second-order valence-corrected chi connectivity index (χ2v) is 6.64. The van der Waals surface area contributed by atoms with Crippen LogP contribution < -0.4 is 17.0 Å². The van der Waals surface area contributed by atoms with Gasteiger partial charge >= 0.3 is 23.1 Å². The zero-order valence-corrected chi connectivity index (χ0v) is 17.8. The zero-order valence-electron chi connectivity index (χ0n) is 14.8. The molecule has 0 N–H and O–H groups in total. The van der Waals surface area contributed by atoms with Crippen LogP contribution in [0, 0.1) is 6.07 Å². The largest absolute Gasteiger partial charge is 2.00 e. The van der Waals surface area contributed by atoms with E-state index in [1.807, 2.05) is 0 Å². The first-order valence-corrected chi connectivity index (χ1v) is 7.76. The van der Waals surface area contributed by atoms with Gasteiger partial charge in [0.05, 0.1) is 0 Å². The zero-order chi connectivity index (χ0) is 15.3. The van der Waals surface area contributed by atoms with Crippen molar-refractivity contribution in [2.45, 2.75) is 46.2 Å². The molecule has 0 heterocycles. The van der Waals surface area contributed by atoms with E-state index in [1.165, 1.54) is 16.7 Å². The molecule has 0 aromatic heterocycles. The molecule has 0 spiro atoms. The molecule has 2 aromatic carbocycles. The van der Waals surface area contributed by atoms with Crippen LogP contribution in [0.25, 0.3) is 0 Å². The molecule has 0 fully saturated rings. The fourth-order valence-electron chi connectivity index (χ4n) is 2.44. The van der Waals surface area contributed by atoms with Crippen molar-refractivity contribution in [1.82, 2.24) is 4.90 Å². The van der Waals surface area contributed by atoms with E-state index in [0.29, 0.717) is 0 Å². The Morgan fingerprint density at radius 1 is 1.00 bits per heavy atom. The summed E-state index contributed by atoms with van der Waals surface area (Å²) >= 11 is 0. The van der Waals surface area contributed by atoms with Crippen LogP contribution in [-0.4, -0.2) is 34.5 Å². The topological polar surface area (TPSA) is 3.24 Å². The maximum Gasteiger partial charge on any atom is 2.00 e. The van der Waals surface area contributed by atoms with Crippen LogP contribution in [0.5, 0.6) is 0 Å². The average molecular weight is 385 g/mol. The third kappa shape index (κ3) is 7.38. The Labute approximate surface area is 168 Å². The number of benzene rings is 2. The first kappa shape index (κ1) is 22.6. The predicted molar refractivity (Wildman–Crippen MR) is 96.0 cm³/mol. The van der Waals surface area contributed by atoms with Gasteiger partial charge in [0.15, 0.2) is 0 Å². The van der Waals surface area contributed by atoms with E-state index in [-0.39, 0.29) is 45.4 Å². The summed E-state index contributed by atoms with van der Waals surface area (Å²) in [5.41, 5.74) is 4.22. The van der Waals surface area contributed by atoms with E-state index in [9.17, 15) is 0 Å². The summed E-state index contributed by atoms with van der Waals surface area (Å²) in [6.07, 6.45) is 0. The van der Waals surface area contributed by atoms with Crippen molar-refractivity contribution in [2.75, 3.05) is 6.54 Å². The predicted octanol–water partition coefficient (Wildman–Crippen LogP) is 1.43. The third-order valence-corrected chi connectivity index (χ3v) is 3.82. The molecule has 1 nitrogen and oxygen atoms in total. The molecular weight excluding hydrogens is 358 g/mol. The molecule has 120 valence electrons. The van der Waals surface area contributed by atoms with Gasteiger partial charge in [-0.1, -0.05) is 58.0 Å². The number of hydrogen-bond acceptors (Lipinski definition) is 1. The molecule has 2 aromatic rings. The molecule has 0 saturated carbocycles. The molecule has 0 saturated heterocycles. The summed E-state index contributed by atoms with van der Waals surface area (Å²) in [4.78, 5) is 2.45. The number of halogens is 1. The van der Waals surface area contributed by atoms with Gasteiger partial charge in [0.25, 0.3) is 0 Å². The summed E-state index contributed by atoms with van der Waals surface area (Å²) in [6, 6.07) is 20.6. The van der Waals surface area contributed by atoms with Gasteiger partial charge in [-0.15, -0.1) is 5.56 Å². The molecule has 0 aliphatic heterocycles. The van der Waals surface area contributed by atoms with Gasteiger partial charge in [-0.25, -0.2) is 0 Å². The van der Waals surface area contributed by atoms with Crippen LogP contribution in [0.1, 0.15) is 44.4 Å². The van der Waals surface area contributed by atoms with Crippen LogP contribution in [0.2, 0.25) is 0 Å². The Hall–Kier alpha value is -0.354. The number of hydrogen-bond donors (Lipinski definition) is 0. The van der Waals surface area contributed by atoms with Gasteiger partial charge in [-0.2, -0.15) is 29.8 Å². The van der Waals surface area contributed by atoms with E-state index >= 15 is 0 Å². The minimum atomic E-state index is 0. The first-order chi connectivity index (χ1) is 9.99. The molecule has 0 bridgehead atoms. The first-order valence-electron chi connectivity index (χ1n) is 7.76. The third-order valence-electron chi connectivity index (χ3n) is 3.82. The minimum absolute atomic E-state index is 0. The van der Waals surface area contributed by atoms with Gasteiger partial charge in [-0.05, 0) is 17.5 Å². The van der Waals surface area contributed by atoms with Crippen molar-refractivity contribution in [3.05, 3.63) is 71.3 Å². The minimum Gasteiger partial charge on any atom is -1.00 e. The summed E-state index contributed by atoms with van der Waals surface area (Å²) in [5, 5.41) is 0. The van der Waals surface area contributed by atoms with E-state index in [1.54, 1.807) is 0 Å². The van der Waals surface area contributed by atoms with Crippen LogP contribution in [0.4, 0.5) is 0 Å². The van der Waals surface area contributed by atoms with Crippen molar-refractivity contribution < 1.29 is 17.0 Å². The Kier molecular flexibility index (Phi) is 10.3. The molecule has 3 heteroatoms. The summed E-state index contributed by atoms with van der Waals surface area (Å²) in [7, 11) is 0. The maximum absolute atomic E-state index is 3.39. The van der Waals surface area contributed by atoms with Crippen LogP contribution >= 0.6 is 0 Å². The van der Waals surface area contributed by atoms with Crippen LogP contribution in [0.3, 0.4) is 0 Å². The normalized spacial score (nSPS) is 10.8. The fourth-order valence-corrected chi connectivity index (χ4v) is 2.44. The van der Waals surface area contributed by atoms with E-state index in [4.69, 9.17) is 0 Å². The second kappa shape index (κ2) is 10.5. The van der Waals surface area contributed by atoms with Crippen LogP contribution in [-0.2, 0) is 18.5 Å². The van der Waals surface area contributed by atoms with Gasteiger partial charge in [0, 0.05) is 13.1 Å². The molecule has 0 radical (unpaired) electrons. The molecule has 0 aliphatic rings. The van der Waals surface area contributed by atoms with Crippen molar-refractivity contribution in [3.8, 4) is 0 Å². The van der Waals surface area contributed by atoms with Crippen molar-refractivity contribution in [3.63, 3.8) is 0 Å². The van der Waals surface area contributed by atoms with E-state index < -0.39 is 0 Å². The maximum atomic E-state index is 3.39. The average Bonchev–Trinajstić information content (AvgIpc) is 2.47. The fraction of sp³-hybridized carbons (Fsp3) is 0.400. The SMILES string of the molecule is CCN(Cc1[c-]ccc(C(C)(C)C)c1)Cc1ccccc1.[Br-].[Mg+2].